The lowest BCUT2D eigenvalue weighted by Gasteiger charge is -2.05. The zero-order chi connectivity index (χ0) is 9.26. The van der Waals surface area contributed by atoms with Gasteiger partial charge in [-0.25, -0.2) is 4.39 Å². The number of hydrogen-bond acceptors (Lipinski definition) is 1. The molecule has 1 N–H and O–H groups in total. The largest absolute Gasteiger partial charge is 0.396 e. The van der Waals surface area contributed by atoms with Gasteiger partial charge in [0.15, 0.2) is 0 Å². The molecule has 0 fully saturated rings. The summed E-state index contributed by atoms with van der Waals surface area (Å²) in [6.07, 6.45) is 3.64. The van der Waals surface area contributed by atoms with Gasteiger partial charge in [-0.3, -0.25) is 0 Å². The standard InChI is InChI=1S/C11H13FO/c12-11-7-9-3-1-2-8(9)6-10(11)4-5-13/h6-7,13H,1-5H2. The van der Waals surface area contributed by atoms with Gasteiger partial charge in [0.05, 0.1) is 0 Å². The van der Waals surface area contributed by atoms with Crippen molar-refractivity contribution < 1.29 is 9.50 Å². The molecule has 0 aliphatic heterocycles. The zero-order valence-electron chi connectivity index (χ0n) is 7.52. The first-order chi connectivity index (χ1) is 6.31. The molecule has 0 radical (unpaired) electrons. The Kier molecular flexibility index (Phi) is 2.32. The number of aryl methyl sites for hydroxylation is 2. The molecule has 0 spiro atoms. The van der Waals surface area contributed by atoms with Crippen LogP contribution >= 0.6 is 0 Å². The molecule has 0 amide bonds. The van der Waals surface area contributed by atoms with E-state index in [-0.39, 0.29) is 12.4 Å². The molecule has 1 aliphatic rings. The highest BCUT2D eigenvalue weighted by Gasteiger charge is 2.13. The second-order valence-electron chi connectivity index (χ2n) is 3.54. The predicted molar refractivity (Wildman–Crippen MR) is 49.2 cm³/mol. The average molecular weight is 180 g/mol. The van der Waals surface area contributed by atoms with E-state index >= 15 is 0 Å². The summed E-state index contributed by atoms with van der Waals surface area (Å²) in [5.74, 6) is -0.158. The van der Waals surface area contributed by atoms with Gasteiger partial charge in [-0.1, -0.05) is 6.07 Å². The van der Waals surface area contributed by atoms with E-state index in [0.717, 1.165) is 24.8 Å². The minimum atomic E-state index is -0.158. The number of benzene rings is 1. The summed E-state index contributed by atoms with van der Waals surface area (Å²) in [6.45, 7) is 0.0235. The molecule has 0 saturated heterocycles. The normalized spacial score (nSPS) is 14.6. The monoisotopic (exact) mass is 180 g/mol. The molecule has 0 unspecified atom stereocenters. The minimum Gasteiger partial charge on any atom is -0.396 e. The van der Waals surface area contributed by atoms with E-state index in [0.29, 0.717) is 12.0 Å². The summed E-state index contributed by atoms with van der Waals surface area (Å²) in [4.78, 5) is 0. The molecule has 70 valence electrons. The summed E-state index contributed by atoms with van der Waals surface area (Å²) in [7, 11) is 0. The van der Waals surface area contributed by atoms with E-state index in [1.807, 2.05) is 6.07 Å². The molecule has 1 aromatic carbocycles. The van der Waals surface area contributed by atoms with Crippen molar-refractivity contribution in [1.29, 1.82) is 0 Å². The van der Waals surface area contributed by atoms with Crippen molar-refractivity contribution in [3.05, 3.63) is 34.6 Å². The molecule has 1 aliphatic carbocycles. The van der Waals surface area contributed by atoms with Crippen LogP contribution < -0.4 is 0 Å². The number of fused-ring (bicyclic) bond motifs is 1. The van der Waals surface area contributed by atoms with Crippen LogP contribution in [0.4, 0.5) is 4.39 Å². The lowest BCUT2D eigenvalue weighted by atomic mass is 10.0. The van der Waals surface area contributed by atoms with Gasteiger partial charge in [0.2, 0.25) is 0 Å². The van der Waals surface area contributed by atoms with Crippen LogP contribution in [0.1, 0.15) is 23.1 Å². The maximum atomic E-state index is 13.3. The lowest BCUT2D eigenvalue weighted by molar-refractivity contribution is 0.297. The van der Waals surface area contributed by atoms with Gasteiger partial charge < -0.3 is 5.11 Å². The fourth-order valence-electron chi connectivity index (χ4n) is 1.96. The van der Waals surface area contributed by atoms with Gasteiger partial charge in [0.1, 0.15) is 5.82 Å². The van der Waals surface area contributed by atoms with Gasteiger partial charge in [-0.2, -0.15) is 0 Å². The molecule has 13 heavy (non-hydrogen) atoms. The second kappa shape index (κ2) is 3.46. The van der Waals surface area contributed by atoms with Gasteiger partial charge in [0.25, 0.3) is 0 Å². The van der Waals surface area contributed by atoms with Gasteiger partial charge in [-0.15, -0.1) is 0 Å². The fraction of sp³-hybridized carbons (Fsp3) is 0.455. The van der Waals surface area contributed by atoms with Crippen LogP contribution in [0.5, 0.6) is 0 Å². The highest BCUT2D eigenvalue weighted by atomic mass is 19.1. The van der Waals surface area contributed by atoms with Crippen LogP contribution in [-0.4, -0.2) is 11.7 Å². The summed E-state index contributed by atoms with van der Waals surface area (Å²) < 4.78 is 13.3. The molecule has 2 heteroatoms. The van der Waals surface area contributed by atoms with E-state index in [9.17, 15) is 4.39 Å². The molecule has 0 heterocycles. The number of rotatable bonds is 2. The third kappa shape index (κ3) is 1.59. The molecular formula is C11H13FO. The summed E-state index contributed by atoms with van der Waals surface area (Å²) in [6, 6.07) is 3.54. The highest BCUT2D eigenvalue weighted by Crippen LogP contribution is 2.25. The number of hydrogen-bond donors (Lipinski definition) is 1. The van der Waals surface area contributed by atoms with Crippen molar-refractivity contribution in [3.8, 4) is 0 Å². The first kappa shape index (κ1) is 8.70. The second-order valence-corrected chi connectivity index (χ2v) is 3.54. The van der Waals surface area contributed by atoms with Gasteiger partial charge in [0, 0.05) is 6.61 Å². The first-order valence-corrected chi connectivity index (χ1v) is 4.72. The number of aliphatic hydroxyl groups excluding tert-OH is 1. The Hall–Kier alpha value is -0.890. The summed E-state index contributed by atoms with van der Waals surface area (Å²) in [5, 5.41) is 8.73. The molecule has 1 nitrogen and oxygen atoms in total. The van der Waals surface area contributed by atoms with E-state index < -0.39 is 0 Å². The maximum absolute atomic E-state index is 13.3. The molecule has 2 rings (SSSR count). The Bertz CT molecular complexity index is 320. The SMILES string of the molecule is OCCc1cc2c(cc1F)CCC2. The average Bonchev–Trinajstić information content (AvgIpc) is 2.52. The molecule has 0 aromatic heterocycles. The maximum Gasteiger partial charge on any atom is 0.126 e. The predicted octanol–water partition coefficient (Wildman–Crippen LogP) is 1.85. The van der Waals surface area contributed by atoms with Crippen molar-refractivity contribution in [3.63, 3.8) is 0 Å². The molecular weight excluding hydrogens is 167 g/mol. The van der Waals surface area contributed by atoms with E-state index in [1.54, 1.807) is 6.07 Å². The lowest BCUT2D eigenvalue weighted by Crippen LogP contribution is -1.97. The van der Waals surface area contributed by atoms with Crippen LogP contribution in [0, 0.1) is 5.82 Å². The molecule has 1 aromatic rings. The summed E-state index contributed by atoms with van der Waals surface area (Å²) >= 11 is 0. The zero-order valence-corrected chi connectivity index (χ0v) is 7.52. The van der Waals surface area contributed by atoms with Crippen LogP contribution in [-0.2, 0) is 19.3 Å². The van der Waals surface area contributed by atoms with Crippen molar-refractivity contribution >= 4 is 0 Å². The topological polar surface area (TPSA) is 20.2 Å². The Morgan fingerprint density at radius 3 is 2.62 bits per heavy atom. The molecule has 0 saturated carbocycles. The molecule has 0 atom stereocenters. The van der Waals surface area contributed by atoms with E-state index in [1.165, 1.54) is 5.56 Å². The fourth-order valence-corrected chi connectivity index (χ4v) is 1.96. The van der Waals surface area contributed by atoms with Crippen molar-refractivity contribution in [1.82, 2.24) is 0 Å². The van der Waals surface area contributed by atoms with Crippen molar-refractivity contribution in [2.75, 3.05) is 6.61 Å². The Morgan fingerprint density at radius 2 is 1.92 bits per heavy atom. The Morgan fingerprint density at radius 1 is 1.23 bits per heavy atom. The van der Waals surface area contributed by atoms with Crippen molar-refractivity contribution in [2.24, 2.45) is 0 Å². The van der Waals surface area contributed by atoms with Crippen LogP contribution in [0.25, 0.3) is 0 Å². The van der Waals surface area contributed by atoms with Crippen molar-refractivity contribution in [2.45, 2.75) is 25.7 Å². The Labute approximate surface area is 77.2 Å². The van der Waals surface area contributed by atoms with E-state index in [4.69, 9.17) is 5.11 Å². The molecule has 0 bridgehead atoms. The van der Waals surface area contributed by atoms with Gasteiger partial charge >= 0.3 is 0 Å². The Balaban J connectivity index is 2.37. The third-order valence-corrected chi connectivity index (χ3v) is 2.64. The quantitative estimate of drug-likeness (QED) is 0.736. The van der Waals surface area contributed by atoms with Gasteiger partial charge in [-0.05, 0) is 48.4 Å². The first-order valence-electron chi connectivity index (χ1n) is 4.72. The van der Waals surface area contributed by atoms with Crippen LogP contribution in [0.15, 0.2) is 12.1 Å². The van der Waals surface area contributed by atoms with E-state index in [2.05, 4.69) is 0 Å². The number of halogens is 1. The minimum absolute atomic E-state index is 0.0235. The van der Waals surface area contributed by atoms with Crippen LogP contribution in [0.3, 0.4) is 0 Å². The van der Waals surface area contributed by atoms with Crippen LogP contribution in [0.2, 0.25) is 0 Å². The number of aliphatic hydroxyl groups is 1. The summed E-state index contributed by atoms with van der Waals surface area (Å²) in [5.41, 5.74) is 3.08. The smallest absolute Gasteiger partial charge is 0.126 e. The highest BCUT2D eigenvalue weighted by molar-refractivity contribution is 5.36. The third-order valence-electron chi connectivity index (χ3n) is 2.64.